The number of fused-ring (bicyclic) bond motifs is 1. The van der Waals surface area contributed by atoms with Gasteiger partial charge in [0.2, 0.25) is 15.9 Å². The molecular formula is C19H22N2O5S. The first-order chi connectivity index (χ1) is 12.9. The topological polar surface area (TPSA) is 95.9 Å². The number of ether oxygens (including phenoxy) is 1. The summed E-state index contributed by atoms with van der Waals surface area (Å²) < 4.78 is 32.5. The molecule has 0 fully saturated rings. The largest absolute Gasteiger partial charge is 0.497 e. The molecule has 0 bridgehead atoms. The number of amides is 1. The van der Waals surface area contributed by atoms with Crippen molar-refractivity contribution < 1.29 is 23.2 Å². The molecule has 0 saturated heterocycles. The predicted octanol–water partition coefficient (Wildman–Crippen LogP) is 1.88. The fraction of sp³-hybridized carbons (Fsp3) is 0.316. The highest BCUT2D eigenvalue weighted by molar-refractivity contribution is 7.89. The summed E-state index contributed by atoms with van der Waals surface area (Å²) in [5, 5.41) is 8.57. The van der Waals surface area contributed by atoms with E-state index in [1.54, 1.807) is 23.7 Å². The van der Waals surface area contributed by atoms with Gasteiger partial charge in [0, 0.05) is 25.6 Å². The van der Waals surface area contributed by atoms with Crippen molar-refractivity contribution in [3.05, 3.63) is 59.2 Å². The van der Waals surface area contributed by atoms with Crippen LogP contribution in [0.1, 0.15) is 23.1 Å². The van der Waals surface area contributed by atoms with E-state index in [4.69, 9.17) is 9.94 Å². The molecule has 0 saturated carbocycles. The van der Waals surface area contributed by atoms with Crippen LogP contribution in [0, 0.1) is 0 Å². The zero-order chi connectivity index (χ0) is 19.4. The maximum atomic E-state index is 12.9. The van der Waals surface area contributed by atoms with E-state index in [-0.39, 0.29) is 11.3 Å². The second-order valence-corrected chi connectivity index (χ2v) is 8.34. The van der Waals surface area contributed by atoms with Crippen LogP contribution < -0.4 is 10.2 Å². The van der Waals surface area contributed by atoms with E-state index in [2.05, 4.69) is 0 Å². The van der Waals surface area contributed by atoms with E-state index in [0.717, 1.165) is 16.7 Å². The molecule has 1 aliphatic rings. The first kappa shape index (κ1) is 19.3. The molecule has 1 aliphatic heterocycles. The van der Waals surface area contributed by atoms with Gasteiger partial charge in [0.15, 0.2) is 0 Å². The highest BCUT2D eigenvalue weighted by Crippen LogP contribution is 2.27. The van der Waals surface area contributed by atoms with Crippen LogP contribution in [0.3, 0.4) is 0 Å². The summed E-state index contributed by atoms with van der Waals surface area (Å²) in [6.07, 6.45) is 1.33. The Balaban J connectivity index is 1.76. The number of sulfonamides is 1. The van der Waals surface area contributed by atoms with Crippen LogP contribution in [0.2, 0.25) is 0 Å². The number of carbonyl (C=O) groups excluding carboxylic acids is 1. The lowest BCUT2D eigenvalue weighted by molar-refractivity contribution is -0.129. The molecule has 0 aromatic heterocycles. The molecule has 27 heavy (non-hydrogen) atoms. The van der Waals surface area contributed by atoms with Gasteiger partial charge in [-0.2, -0.15) is 4.31 Å². The Morgan fingerprint density at radius 1 is 1.22 bits per heavy atom. The van der Waals surface area contributed by atoms with E-state index < -0.39 is 15.9 Å². The maximum absolute atomic E-state index is 12.9. The zero-order valence-corrected chi connectivity index (χ0v) is 15.8. The van der Waals surface area contributed by atoms with Gasteiger partial charge in [0.1, 0.15) is 5.75 Å². The summed E-state index contributed by atoms with van der Waals surface area (Å²) in [7, 11) is -2.10. The van der Waals surface area contributed by atoms with Gasteiger partial charge < -0.3 is 4.74 Å². The molecule has 0 spiro atoms. The third kappa shape index (κ3) is 4.29. The van der Waals surface area contributed by atoms with Crippen molar-refractivity contribution in [1.29, 1.82) is 0 Å². The minimum atomic E-state index is -3.60. The Labute approximate surface area is 158 Å². The lowest BCUT2D eigenvalue weighted by Gasteiger charge is -2.28. The Hall–Kier alpha value is -2.42. The van der Waals surface area contributed by atoms with Crippen molar-refractivity contribution in [2.45, 2.75) is 30.7 Å². The average molecular weight is 390 g/mol. The van der Waals surface area contributed by atoms with Crippen LogP contribution in [0.5, 0.6) is 5.75 Å². The third-order valence-electron chi connectivity index (χ3n) is 4.69. The van der Waals surface area contributed by atoms with Crippen molar-refractivity contribution in [2.75, 3.05) is 13.7 Å². The van der Waals surface area contributed by atoms with Gasteiger partial charge >= 0.3 is 0 Å². The minimum absolute atomic E-state index is 0.200. The fourth-order valence-corrected chi connectivity index (χ4v) is 4.62. The predicted molar refractivity (Wildman–Crippen MR) is 99.0 cm³/mol. The normalized spacial score (nSPS) is 14.4. The molecule has 144 valence electrons. The lowest BCUT2D eigenvalue weighted by atomic mass is 9.97. The maximum Gasteiger partial charge on any atom is 0.243 e. The zero-order valence-electron chi connectivity index (χ0n) is 15.0. The summed E-state index contributed by atoms with van der Waals surface area (Å²) in [5.41, 5.74) is 4.66. The number of nitrogens with one attached hydrogen (secondary N) is 1. The molecule has 2 aromatic rings. The van der Waals surface area contributed by atoms with Crippen LogP contribution in [0.15, 0.2) is 47.4 Å². The van der Waals surface area contributed by atoms with Gasteiger partial charge in [-0.05, 0) is 41.7 Å². The molecule has 7 nitrogen and oxygen atoms in total. The Bertz CT molecular complexity index is 943. The number of nitrogens with zero attached hydrogens (tertiary/aromatic N) is 1. The number of carbonyl (C=O) groups is 1. The van der Waals surface area contributed by atoms with Gasteiger partial charge in [-0.25, -0.2) is 13.9 Å². The number of rotatable bonds is 6. The summed E-state index contributed by atoms with van der Waals surface area (Å²) in [6, 6.07) is 12.3. The lowest BCUT2D eigenvalue weighted by Crippen LogP contribution is -2.36. The van der Waals surface area contributed by atoms with E-state index in [1.807, 2.05) is 18.2 Å². The second-order valence-electron chi connectivity index (χ2n) is 6.41. The molecule has 1 amide bonds. The molecule has 0 aliphatic carbocycles. The number of hydrogen-bond donors (Lipinski definition) is 2. The van der Waals surface area contributed by atoms with E-state index in [0.29, 0.717) is 31.7 Å². The van der Waals surface area contributed by atoms with Gasteiger partial charge in [-0.15, -0.1) is 0 Å². The molecule has 8 heteroatoms. The molecule has 2 N–H and O–H groups in total. The first-order valence-corrected chi connectivity index (χ1v) is 10.1. The monoisotopic (exact) mass is 390 g/mol. The molecular weight excluding hydrogens is 368 g/mol. The van der Waals surface area contributed by atoms with Crippen molar-refractivity contribution in [3.8, 4) is 5.75 Å². The van der Waals surface area contributed by atoms with E-state index in [1.165, 1.54) is 17.5 Å². The van der Waals surface area contributed by atoms with Crippen LogP contribution >= 0.6 is 0 Å². The van der Waals surface area contributed by atoms with Crippen molar-refractivity contribution >= 4 is 15.9 Å². The number of aryl methyl sites for hydroxylation is 1. The Morgan fingerprint density at radius 2 is 2.04 bits per heavy atom. The smallest absolute Gasteiger partial charge is 0.243 e. The number of hydrogen-bond acceptors (Lipinski definition) is 5. The van der Waals surface area contributed by atoms with Gasteiger partial charge in [0.05, 0.1) is 12.0 Å². The van der Waals surface area contributed by atoms with Gasteiger partial charge in [0.25, 0.3) is 0 Å². The first-order valence-electron chi connectivity index (χ1n) is 8.62. The summed E-state index contributed by atoms with van der Waals surface area (Å²) in [4.78, 5) is 11.4. The number of methoxy groups -OCH3 is 1. The highest BCUT2D eigenvalue weighted by atomic mass is 32.2. The highest BCUT2D eigenvalue weighted by Gasteiger charge is 2.28. The fourth-order valence-electron chi connectivity index (χ4n) is 3.17. The second kappa shape index (κ2) is 8.08. The Morgan fingerprint density at radius 3 is 2.78 bits per heavy atom. The van der Waals surface area contributed by atoms with Crippen molar-refractivity contribution in [2.24, 2.45) is 0 Å². The summed E-state index contributed by atoms with van der Waals surface area (Å²) in [6.45, 7) is 0.708. The quantitative estimate of drug-likeness (QED) is 0.580. The molecule has 0 unspecified atom stereocenters. The average Bonchev–Trinajstić information content (AvgIpc) is 2.71. The minimum Gasteiger partial charge on any atom is -0.497 e. The number of benzene rings is 2. The van der Waals surface area contributed by atoms with E-state index >= 15 is 0 Å². The van der Waals surface area contributed by atoms with Crippen LogP contribution in [0.4, 0.5) is 0 Å². The van der Waals surface area contributed by atoms with Crippen LogP contribution in [-0.4, -0.2) is 37.5 Å². The Kier molecular flexibility index (Phi) is 5.79. The molecule has 3 rings (SSSR count). The standard InChI is InChI=1S/C19H22N2O5S/c1-26-17-3-2-4-18(12-17)27(24,25)21-10-9-15-11-14(5-7-16(15)13-21)6-8-19(22)20-23/h2-5,7,11-12,23H,6,8-10,13H2,1H3,(H,20,22). The molecule has 1 heterocycles. The molecule has 2 aromatic carbocycles. The van der Waals surface area contributed by atoms with Crippen LogP contribution in [0.25, 0.3) is 0 Å². The van der Waals surface area contributed by atoms with Gasteiger partial charge in [-0.1, -0.05) is 24.3 Å². The SMILES string of the molecule is COc1cccc(S(=O)(=O)N2CCc3cc(CCC(=O)NO)ccc3C2)c1. The van der Waals surface area contributed by atoms with Crippen molar-refractivity contribution in [3.63, 3.8) is 0 Å². The summed E-state index contributed by atoms with van der Waals surface area (Å²) >= 11 is 0. The third-order valence-corrected chi connectivity index (χ3v) is 6.53. The van der Waals surface area contributed by atoms with Crippen LogP contribution in [-0.2, 0) is 34.2 Å². The molecule has 0 radical (unpaired) electrons. The van der Waals surface area contributed by atoms with Crippen molar-refractivity contribution in [1.82, 2.24) is 9.79 Å². The number of hydroxylamine groups is 1. The summed E-state index contributed by atoms with van der Waals surface area (Å²) in [5.74, 6) is 0.0771. The van der Waals surface area contributed by atoms with E-state index in [9.17, 15) is 13.2 Å². The van der Waals surface area contributed by atoms with Gasteiger partial charge in [-0.3, -0.25) is 10.0 Å². The molecule has 0 atom stereocenters.